The summed E-state index contributed by atoms with van der Waals surface area (Å²) in [6.07, 6.45) is 1.56. The summed E-state index contributed by atoms with van der Waals surface area (Å²) in [5.74, 6) is -0.551. The van der Waals surface area contributed by atoms with Crippen molar-refractivity contribution in [2.45, 2.75) is 17.7 Å². The van der Waals surface area contributed by atoms with E-state index in [1.165, 1.54) is 21.0 Å². The first-order valence-electron chi connectivity index (χ1n) is 7.14. The summed E-state index contributed by atoms with van der Waals surface area (Å²) >= 11 is 0. The number of hydrogen-bond donors (Lipinski definition) is 1. The van der Waals surface area contributed by atoms with E-state index in [9.17, 15) is 18.3 Å². The average molecular weight is 326 g/mol. The molecular formula is C14H18N2O5S. The molecule has 0 spiro atoms. The monoisotopic (exact) mass is 326 g/mol. The molecule has 7 nitrogen and oxygen atoms in total. The molecule has 2 heterocycles. The van der Waals surface area contributed by atoms with Crippen LogP contribution in [0.3, 0.4) is 0 Å². The predicted octanol–water partition coefficient (Wildman–Crippen LogP) is 0.524. The van der Waals surface area contributed by atoms with Gasteiger partial charge in [-0.05, 0) is 30.9 Å². The minimum Gasteiger partial charge on any atom is -0.408 e. The number of sulfonamides is 1. The standard InChI is InChI=1S/C14H18N2O5S/c1-15-12-5-4-11(7-13(12)21-14(15)18)22(19,20)16-6-2-3-10(8-16)9-17/h4-5,7,10,17H,2-3,6,8-9H2,1H3. The third kappa shape index (κ3) is 2.47. The van der Waals surface area contributed by atoms with Gasteiger partial charge in [0.05, 0.1) is 10.4 Å². The molecule has 2 aromatic rings. The fourth-order valence-electron chi connectivity index (χ4n) is 2.82. The van der Waals surface area contributed by atoms with Gasteiger partial charge in [-0.3, -0.25) is 4.57 Å². The molecule has 1 aliphatic heterocycles. The lowest BCUT2D eigenvalue weighted by atomic mass is 10.0. The second-order valence-corrected chi connectivity index (χ2v) is 7.55. The van der Waals surface area contributed by atoms with Crippen molar-refractivity contribution in [2.24, 2.45) is 13.0 Å². The molecule has 1 atom stereocenters. The van der Waals surface area contributed by atoms with Gasteiger partial charge < -0.3 is 9.52 Å². The highest BCUT2D eigenvalue weighted by atomic mass is 32.2. The zero-order valence-electron chi connectivity index (χ0n) is 12.2. The number of oxazole rings is 1. The van der Waals surface area contributed by atoms with Gasteiger partial charge in [-0.1, -0.05) is 0 Å². The summed E-state index contributed by atoms with van der Waals surface area (Å²) < 4.78 is 33.2. The molecule has 1 aromatic heterocycles. The zero-order chi connectivity index (χ0) is 15.9. The van der Waals surface area contributed by atoms with Crippen LogP contribution in [0.1, 0.15) is 12.8 Å². The summed E-state index contributed by atoms with van der Waals surface area (Å²) in [5.41, 5.74) is 0.806. The number of hydrogen-bond acceptors (Lipinski definition) is 5. The zero-order valence-corrected chi connectivity index (χ0v) is 13.0. The third-order valence-corrected chi connectivity index (χ3v) is 6.00. The molecule has 0 amide bonds. The molecule has 1 fully saturated rings. The molecule has 22 heavy (non-hydrogen) atoms. The van der Waals surface area contributed by atoms with Gasteiger partial charge in [-0.2, -0.15) is 4.31 Å². The summed E-state index contributed by atoms with van der Waals surface area (Å²) in [6, 6.07) is 4.43. The normalized spacial score (nSPS) is 20.5. The molecule has 1 aromatic carbocycles. The largest absolute Gasteiger partial charge is 0.419 e. The van der Waals surface area contributed by atoms with Gasteiger partial charge in [-0.15, -0.1) is 0 Å². The van der Waals surface area contributed by atoms with E-state index in [4.69, 9.17) is 4.42 Å². The Morgan fingerprint density at radius 1 is 1.41 bits per heavy atom. The molecule has 1 saturated heterocycles. The maximum atomic E-state index is 12.7. The molecule has 1 N–H and O–H groups in total. The highest BCUT2D eigenvalue weighted by molar-refractivity contribution is 7.89. The van der Waals surface area contributed by atoms with Crippen molar-refractivity contribution in [1.29, 1.82) is 0 Å². The number of rotatable bonds is 3. The maximum absolute atomic E-state index is 12.7. The Labute approximate surface area is 127 Å². The lowest BCUT2D eigenvalue weighted by Gasteiger charge is -2.30. The van der Waals surface area contributed by atoms with E-state index in [1.54, 1.807) is 13.1 Å². The van der Waals surface area contributed by atoms with Gasteiger partial charge in [0.1, 0.15) is 0 Å². The first-order valence-corrected chi connectivity index (χ1v) is 8.58. The second-order valence-electron chi connectivity index (χ2n) is 5.61. The smallest absolute Gasteiger partial charge is 0.408 e. The van der Waals surface area contributed by atoms with Crippen LogP contribution in [0.2, 0.25) is 0 Å². The Morgan fingerprint density at radius 2 is 2.18 bits per heavy atom. The first-order chi connectivity index (χ1) is 10.4. The van der Waals surface area contributed by atoms with Gasteiger partial charge >= 0.3 is 5.76 Å². The van der Waals surface area contributed by atoms with E-state index in [1.807, 2.05) is 0 Å². The molecule has 1 aliphatic rings. The molecule has 0 radical (unpaired) electrons. The van der Waals surface area contributed by atoms with Crippen molar-refractivity contribution in [3.63, 3.8) is 0 Å². The van der Waals surface area contributed by atoms with Crippen LogP contribution >= 0.6 is 0 Å². The molecule has 3 rings (SSSR count). The van der Waals surface area contributed by atoms with Crippen LogP contribution in [0.5, 0.6) is 0 Å². The molecule has 1 unspecified atom stereocenters. The predicted molar refractivity (Wildman–Crippen MR) is 80.0 cm³/mol. The van der Waals surface area contributed by atoms with Crippen molar-refractivity contribution in [3.8, 4) is 0 Å². The van der Waals surface area contributed by atoms with Crippen molar-refractivity contribution in [2.75, 3.05) is 19.7 Å². The van der Waals surface area contributed by atoms with E-state index >= 15 is 0 Å². The van der Waals surface area contributed by atoms with Crippen LogP contribution < -0.4 is 5.76 Å². The van der Waals surface area contributed by atoms with Gasteiger partial charge in [0.2, 0.25) is 10.0 Å². The second kappa shape index (κ2) is 5.53. The molecule has 0 aliphatic carbocycles. The Bertz CT molecular complexity index is 852. The number of benzene rings is 1. The number of aryl methyl sites for hydroxylation is 1. The highest BCUT2D eigenvalue weighted by Crippen LogP contribution is 2.25. The van der Waals surface area contributed by atoms with Crippen LogP contribution in [0.4, 0.5) is 0 Å². The minimum absolute atomic E-state index is 0.0153. The summed E-state index contributed by atoms with van der Waals surface area (Å²) in [7, 11) is -2.08. The van der Waals surface area contributed by atoms with Gasteiger partial charge in [0.25, 0.3) is 0 Å². The highest BCUT2D eigenvalue weighted by Gasteiger charge is 2.30. The topological polar surface area (TPSA) is 92.8 Å². The first kappa shape index (κ1) is 15.3. The fourth-order valence-corrected chi connectivity index (χ4v) is 4.39. The Hall–Kier alpha value is -1.64. The minimum atomic E-state index is -3.65. The van der Waals surface area contributed by atoms with Crippen molar-refractivity contribution < 1.29 is 17.9 Å². The fraction of sp³-hybridized carbons (Fsp3) is 0.500. The van der Waals surface area contributed by atoms with Crippen molar-refractivity contribution >= 4 is 21.1 Å². The lowest BCUT2D eigenvalue weighted by molar-refractivity contribution is 0.165. The van der Waals surface area contributed by atoms with Gasteiger partial charge in [0.15, 0.2) is 5.58 Å². The quantitative estimate of drug-likeness (QED) is 0.888. The molecule has 120 valence electrons. The summed E-state index contributed by atoms with van der Waals surface area (Å²) in [4.78, 5) is 11.6. The Morgan fingerprint density at radius 3 is 2.91 bits per heavy atom. The van der Waals surface area contributed by atoms with E-state index in [0.29, 0.717) is 18.6 Å². The van der Waals surface area contributed by atoms with Crippen LogP contribution in [0, 0.1) is 5.92 Å². The number of fused-ring (bicyclic) bond motifs is 1. The van der Waals surface area contributed by atoms with Gasteiger partial charge in [-0.25, -0.2) is 13.2 Å². The number of nitrogens with zero attached hydrogens (tertiary/aromatic N) is 2. The van der Waals surface area contributed by atoms with Crippen LogP contribution in [0.15, 0.2) is 32.3 Å². The van der Waals surface area contributed by atoms with Crippen LogP contribution in [0.25, 0.3) is 11.1 Å². The van der Waals surface area contributed by atoms with Crippen LogP contribution in [-0.2, 0) is 17.1 Å². The Kier molecular flexibility index (Phi) is 3.84. The molecule has 0 bridgehead atoms. The van der Waals surface area contributed by atoms with E-state index in [2.05, 4.69) is 0 Å². The van der Waals surface area contributed by atoms with Gasteiger partial charge in [0, 0.05) is 32.8 Å². The maximum Gasteiger partial charge on any atom is 0.419 e. The number of aliphatic hydroxyl groups excluding tert-OH is 1. The SMILES string of the molecule is Cn1c(=O)oc2cc(S(=O)(=O)N3CCCC(CO)C3)ccc21. The number of piperidine rings is 1. The number of aliphatic hydroxyl groups is 1. The van der Waals surface area contributed by atoms with E-state index < -0.39 is 15.8 Å². The van der Waals surface area contributed by atoms with Crippen molar-refractivity contribution in [1.82, 2.24) is 8.87 Å². The number of aromatic nitrogens is 1. The van der Waals surface area contributed by atoms with E-state index in [0.717, 1.165) is 12.8 Å². The van der Waals surface area contributed by atoms with Crippen LogP contribution in [-0.4, -0.2) is 42.1 Å². The van der Waals surface area contributed by atoms with Crippen molar-refractivity contribution in [3.05, 3.63) is 28.7 Å². The summed E-state index contributed by atoms with van der Waals surface area (Å²) in [6.45, 7) is 0.740. The molecular weight excluding hydrogens is 308 g/mol. The lowest BCUT2D eigenvalue weighted by Crippen LogP contribution is -2.40. The third-order valence-electron chi connectivity index (χ3n) is 4.14. The molecule has 8 heteroatoms. The average Bonchev–Trinajstić information content (AvgIpc) is 2.81. The molecule has 0 saturated carbocycles. The Balaban J connectivity index is 2.00. The van der Waals surface area contributed by atoms with E-state index in [-0.39, 0.29) is 23.0 Å². The summed E-state index contributed by atoms with van der Waals surface area (Å²) in [5, 5.41) is 9.25.